The highest BCUT2D eigenvalue weighted by atomic mass is 32.2. The first-order valence-electron chi connectivity index (χ1n) is 8.42. The number of carbonyl (C=O) groups is 1. The average molecular weight is 369 g/mol. The van der Waals surface area contributed by atoms with Crippen molar-refractivity contribution in [1.82, 2.24) is 19.3 Å². The van der Waals surface area contributed by atoms with E-state index in [1.165, 1.54) is 17.5 Å². The van der Waals surface area contributed by atoms with Gasteiger partial charge in [-0.3, -0.25) is 4.79 Å². The highest BCUT2D eigenvalue weighted by Crippen LogP contribution is 2.19. The summed E-state index contributed by atoms with van der Waals surface area (Å²) in [7, 11) is 3.95. The summed E-state index contributed by atoms with van der Waals surface area (Å²) in [5.41, 5.74) is 4.26. The standard InChI is InChI=1S/C19H23N5OS/c1-13-8-14(2)10-15(9-13)20-18(25)12-26-19-22-21-17(24(19)4)11-16-6-5-7-23(16)3/h5-10H,11-12H2,1-4H3,(H,20,25). The van der Waals surface area contributed by atoms with Crippen LogP contribution >= 0.6 is 11.8 Å². The highest BCUT2D eigenvalue weighted by Gasteiger charge is 2.13. The number of nitrogens with one attached hydrogen (secondary N) is 1. The van der Waals surface area contributed by atoms with Gasteiger partial charge in [0, 0.05) is 38.1 Å². The largest absolute Gasteiger partial charge is 0.354 e. The Morgan fingerprint density at radius 3 is 2.54 bits per heavy atom. The summed E-state index contributed by atoms with van der Waals surface area (Å²) in [5.74, 6) is 1.12. The maximum Gasteiger partial charge on any atom is 0.234 e. The first-order chi connectivity index (χ1) is 12.4. The van der Waals surface area contributed by atoms with Crippen molar-refractivity contribution in [3.63, 3.8) is 0 Å². The van der Waals surface area contributed by atoms with Crippen molar-refractivity contribution >= 4 is 23.4 Å². The molecule has 0 aliphatic carbocycles. The van der Waals surface area contributed by atoms with Gasteiger partial charge in [-0.2, -0.15) is 0 Å². The summed E-state index contributed by atoms with van der Waals surface area (Å²) in [5, 5.41) is 12.2. The molecule has 1 N–H and O–H groups in total. The second kappa shape index (κ2) is 7.78. The SMILES string of the molecule is Cc1cc(C)cc(NC(=O)CSc2nnc(Cc3cccn3C)n2C)c1. The van der Waals surface area contributed by atoms with Crippen LogP contribution in [0.25, 0.3) is 0 Å². The number of thioether (sulfide) groups is 1. The molecule has 136 valence electrons. The van der Waals surface area contributed by atoms with Crippen molar-refractivity contribution in [2.45, 2.75) is 25.4 Å². The van der Waals surface area contributed by atoms with Crippen LogP contribution in [-0.4, -0.2) is 31.0 Å². The fraction of sp³-hybridized carbons (Fsp3) is 0.316. The van der Waals surface area contributed by atoms with Gasteiger partial charge in [0.25, 0.3) is 0 Å². The van der Waals surface area contributed by atoms with Crippen molar-refractivity contribution in [3.05, 3.63) is 59.2 Å². The minimum Gasteiger partial charge on any atom is -0.354 e. The van der Waals surface area contributed by atoms with Crippen LogP contribution in [0.5, 0.6) is 0 Å². The first-order valence-corrected chi connectivity index (χ1v) is 9.40. The molecule has 2 heterocycles. The third kappa shape index (κ3) is 4.35. The topological polar surface area (TPSA) is 64.7 Å². The first kappa shape index (κ1) is 18.3. The number of hydrogen-bond acceptors (Lipinski definition) is 4. The van der Waals surface area contributed by atoms with Crippen LogP contribution in [-0.2, 0) is 25.3 Å². The van der Waals surface area contributed by atoms with Crippen LogP contribution in [0.1, 0.15) is 22.6 Å². The predicted octanol–water partition coefficient (Wildman–Crippen LogP) is 3.09. The number of amides is 1. The van der Waals surface area contributed by atoms with Gasteiger partial charge < -0.3 is 14.5 Å². The normalized spacial score (nSPS) is 10.9. The van der Waals surface area contributed by atoms with Gasteiger partial charge in [-0.1, -0.05) is 17.8 Å². The van der Waals surface area contributed by atoms with E-state index in [1.54, 1.807) is 0 Å². The Bertz CT molecular complexity index is 908. The van der Waals surface area contributed by atoms with E-state index in [-0.39, 0.29) is 5.91 Å². The van der Waals surface area contributed by atoms with Gasteiger partial charge in [-0.05, 0) is 49.2 Å². The van der Waals surface area contributed by atoms with E-state index >= 15 is 0 Å². The van der Waals surface area contributed by atoms with Crippen LogP contribution in [0.2, 0.25) is 0 Å². The zero-order valence-corrected chi connectivity index (χ0v) is 16.3. The molecule has 0 bridgehead atoms. The molecule has 0 aliphatic heterocycles. The Balaban J connectivity index is 1.59. The maximum absolute atomic E-state index is 12.2. The minimum absolute atomic E-state index is 0.0491. The molecule has 0 saturated heterocycles. The third-order valence-electron chi connectivity index (χ3n) is 4.15. The van der Waals surface area contributed by atoms with Crippen LogP contribution < -0.4 is 5.32 Å². The van der Waals surface area contributed by atoms with Crippen molar-refractivity contribution in [2.24, 2.45) is 14.1 Å². The minimum atomic E-state index is -0.0491. The van der Waals surface area contributed by atoms with Crippen molar-refractivity contribution in [3.8, 4) is 0 Å². The van der Waals surface area contributed by atoms with Gasteiger partial charge in [0.2, 0.25) is 5.91 Å². The fourth-order valence-corrected chi connectivity index (χ4v) is 3.57. The molecule has 3 aromatic rings. The number of rotatable bonds is 6. The van der Waals surface area contributed by atoms with E-state index in [0.29, 0.717) is 12.2 Å². The molecule has 3 rings (SSSR count). The van der Waals surface area contributed by atoms with Gasteiger partial charge in [0.05, 0.1) is 5.75 Å². The smallest absolute Gasteiger partial charge is 0.234 e. The molecule has 0 saturated carbocycles. The molecular weight excluding hydrogens is 346 g/mol. The van der Waals surface area contributed by atoms with Crippen molar-refractivity contribution in [1.29, 1.82) is 0 Å². The van der Waals surface area contributed by atoms with E-state index in [2.05, 4.69) is 32.2 Å². The monoisotopic (exact) mass is 369 g/mol. The molecule has 0 spiro atoms. The molecule has 0 atom stereocenters. The Hall–Kier alpha value is -2.54. The lowest BCUT2D eigenvalue weighted by atomic mass is 10.1. The molecule has 1 aromatic carbocycles. The second-order valence-electron chi connectivity index (χ2n) is 6.46. The van der Waals surface area contributed by atoms with Crippen LogP contribution in [0.3, 0.4) is 0 Å². The lowest BCUT2D eigenvalue weighted by Crippen LogP contribution is -2.14. The predicted molar refractivity (Wildman–Crippen MR) is 104 cm³/mol. The summed E-state index contributed by atoms with van der Waals surface area (Å²) in [6, 6.07) is 10.1. The van der Waals surface area contributed by atoms with Crippen LogP contribution in [0.15, 0.2) is 41.7 Å². The number of anilines is 1. The molecule has 2 aromatic heterocycles. The molecule has 0 unspecified atom stereocenters. The Labute approximate surface area is 157 Å². The second-order valence-corrected chi connectivity index (χ2v) is 7.40. The number of aromatic nitrogens is 4. The lowest BCUT2D eigenvalue weighted by molar-refractivity contribution is -0.113. The van der Waals surface area contributed by atoms with Gasteiger partial charge in [-0.25, -0.2) is 0 Å². The van der Waals surface area contributed by atoms with E-state index < -0.39 is 0 Å². The van der Waals surface area contributed by atoms with Crippen molar-refractivity contribution < 1.29 is 4.79 Å². The number of hydrogen-bond donors (Lipinski definition) is 1. The summed E-state index contributed by atoms with van der Waals surface area (Å²) < 4.78 is 4.01. The third-order valence-corrected chi connectivity index (χ3v) is 5.17. The van der Waals surface area contributed by atoms with Gasteiger partial charge in [0.15, 0.2) is 5.16 Å². The highest BCUT2D eigenvalue weighted by molar-refractivity contribution is 7.99. The summed E-state index contributed by atoms with van der Waals surface area (Å²) in [6.45, 7) is 4.04. The van der Waals surface area contributed by atoms with Crippen LogP contribution in [0, 0.1) is 13.8 Å². The Morgan fingerprint density at radius 1 is 1.15 bits per heavy atom. The van der Waals surface area contributed by atoms with Crippen molar-refractivity contribution in [2.75, 3.05) is 11.1 Å². The molecule has 6 nitrogen and oxygen atoms in total. The Kier molecular flexibility index (Phi) is 5.46. The molecule has 26 heavy (non-hydrogen) atoms. The molecule has 7 heteroatoms. The molecule has 0 radical (unpaired) electrons. The van der Waals surface area contributed by atoms with Gasteiger partial charge in [-0.15, -0.1) is 10.2 Å². The lowest BCUT2D eigenvalue weighted by Gasteiger charge is -2.08. The molecule has 0 fully saturated rings. The number of aryl methyl sites for hydroxylation is 3. The zero-order chi connectivity index (χ0) is 18.7. The van der Waals surface area contributed by atoms with Gasteiger partial charge in [0.1, 0.15) is 5.82 Å². The zero-order valence-electron chi connectivity index (χ0n) is 15.5. The Morgan fingerprint density at radius 2 is 1.88 bits per heavy atom. The quantitative estimate of drug-likeness (QED) is 0.678. The number of nitrogens with zero attached hydrogens (tertiary/aromatic N) is 4. The summed E-state index contributed by atoms with van der Waals surface area (Å²) in [4.78, 5) is 12.2. The maximum atomic E-state index is 12.2. The summed E-state index contributed by atoms with van der Waals surface area (Å²) in [6.07, 6.45) is 2.72. The molecular formula is C19H23N5OS. The van der Waals surface area contributed by atoms with Gasteiger partial charge >= 0.3 is 0 Å². The number of carbonyl (C=O) groups excluding carboxylic acids is 1. The van der Waals surface area contributed by atoms with E-state index in [1.807, 2.05) is 56.9 Å². The average Bonchev–Trinajstić information content (AvgIpc) is 3.12. The van der Waals surface area contributed by atoms with E-state index in [9.17, 15) is 4.79 Å². The molecule has 0 aliphatic rings. The number of benzene rings is 1. The molecule has 1 amide bonds. The van der Waals surface area contributed by atoms with Crippen LogP contribution in [0.4, 0.5) is 5.69 Å². The van der Waals surface area contributed by atoms with E-state index in [0.717, 1.165) is 27.8 Å². The summed E-state index contributed by atoms with van der Waals surface area (Å²) >= 11 is 1.39. The fourth-order valence-electron chi connectivity index (χ4n) is 2.84. The van der Waals surface area contributed by atoms with E-state index in [4.69, 9.17) is 0 Å².